The lowest BCUT2D eigenvalue weighted by Gasteiger charge is -2.32. The molecule has 0 radical (unpaired) electrons. The third-order valence-electron chi connectivity index (χ3n) is 5.59. The SMILES string of the molecule is C/C(N)=N/C(=S)N1CCC(Nc2nc3n(n2)CCCC3c2ccc(F)c(F)c2)CC1. The molecule has 0 spiro atoms. The van der Waals surface area contributed by atoms with Crippen LogP contribution < -0.4 is 11.1 Å². The van der Waals surface area contributed by atoms with E-state index in [2.05, 4.69) is 20.3 Å². The summed E-state index contributed by atoms with van der Waals surface area (Å²) in [6, 6.07) is 4.30. The van der Waals surface area contributed by atoms with E-state index in [9.17, 15) is 8.78 Å². The number of nitrogens with zero attached hydrogens (tertiary/aromatic N) is 5. The Hall–Kier alpha value is -2.62. The van der Waals surface area contributed by atoms with Crippen LogP contribution in [0.1, 0.15) is 49.9 Å². The second kappa shape index (κ2) is 8.63. The lowest BCUT2D eigenvalue weighted by Crippen LogP contribution is -2.41. The minimum atomic E-state index is -0.837. The Morgan fingerprint density at radius 1 is 1.20 bits per heavy atom. The number of halogens is 2. The van der Waals surface area contributed by atoms with E-state index in [0.29, 0.717) is 16.9 Å². The van der Waals surface area contributed by atoms with Crippen LogP contribution in [-0.4, -0.2) is 49.7 Å². The number of nitrogens with two attached hydrogens (primary N) is 1. The summed E-state index contributed by atoms with van der Waals surface area (Å²) >= 11 is 5.31. The minimum Gasteiger partial charge on any atom is -0.387 e. The largest absolute Gasteiger partial charge is 0.387 e. The van der Waals surface area contributed by atoms with Crippen molar-refractivity contribution in [2.75, 3.05) is 18.4 Å². The molecule has 160 valence electrons. The maximum Gasteiger partial charge on any atom is 0.242 e. The number of piperidine rings is 1. The zero-order valence-corrected chi connectivity index (χ0v) is 17.6. The Morgan fingerprint density at radius 2 is 1.97 bits per heavy atom. The minimum absolute atomic E-state index is 0.0894. The highest BCUT2D eigenvalue weighted by molar-refractivity contribution is 7.80. The van der Waals surface area contributed by atoms with E-state index >= 15 is 0 Å². The predicted octanol–water partition coefficient (Wildman–Crippen LogP) is 3.02. The summed E-state index contributed by atoms with van der Waals surface area (Å²) < 4.78 is 28.9. The fourth-order valence-electron chi connectivity index (χ4n) is 4.08. The van der Waals surface area contributed by atoms with Crippen molar-refractivity contribution in [2.45, 2.75) is 51.1 Å². The first kappa shape index (κ1) is 20.6. The van der Waals surface area contributed by atoms with Crippen LogP contribution in [0.25, 0.3) is 0 Å². The number of fused-ring (bicyclic) bond motifs is 1. The number of thiocarbonyl (C=S) groups is 1. The van der Waals surface area contributed by atoms with Gasteiger partial charge in [-0.15, -0.1) is 5.10 Å². The summed E-state index contributed by atoms with van der Waals surface area (Å²) in [5.74, 6) is 0.0763. The third-order valence-corrected chi connectivity index (χ3v) is 5.94. The van der Waals surface area contributed by atoms with Crippen molar-refractivity contribution in [3.05, 3.63) is 41.2 Å². The molecule has 10 heteroatoms. The maximum atomic E-state index is 13.7. The molecule has 1 saturated heterocycles. The molecule has 0 saturated carbocycles. The van der Waals surface area contributed by atoms with E-state index in [1.54, 1.807) is 13.0 Å². The van der Waals surface area contributed by atoms with Gasteiger partial charge in [-0.05, 0) is 62.5 Å². The highest BCUT2D eigenvalue weighted by Gasteiger charge is 2.28. The number of amidine groups is 1. The number of nitrogens with one attached hydrogen (secondary N) is 1. The van der Waals surface area contributed by atoms with Gasteiger partial charge in [-0.3, -0.25) is 0 Å². The number of hydrogen-bond donors (Lipinski definition) is 2. The fraction of sp³-hybridized carbons (Fsp3) is 0.500. The number of rotatable bonds is 3. The molecule has 2 aliphatic heterocycles. The molecular weight excluding hydrogens is 408 g/mol. The Morgan fingerprint density at radius 3 is 2.67 bits per heavy atom. The van der Waals surface area contributed by atoms with Crippen molar-refractivity contribution in [1.29, 1.82) is 0 Å². The van der Waals surface area contributed by atoms with Crippen molar-refractivity contribution in [1.82, 2.24) is 19.7 Å². The second-order valence-electron chi connectivity index (χ2n) is 7.83. The topological polar surface area (TPSA) is 84.4 Å². The molecule has 1 atom stereocenters. The lowest BCUT2D eigenvalue weighted by atomic mass is 9.91. The van der Waals surface area contributed by atoms with Gasteiger partial charge in [-0.2, -0.15) is 4.98 Å². The average Bonchev–Trinajstić information content (AvgIpc) is 3.12. The van der Waals surface area contributed by atoms with Gasteiger partial charge in [0.15, 0.2) is 16.7 Å². The first-order valence-electron chi connectivity index (χ1n) is 10.2. The molecule has 2 aromatic rings. The van der Waals surface area contributed by atoms with E-state index in [4.69, 9.17) is 22.9 Å². The molecule has 3 heterocycles. The molecule has 3 N–H and O–H groups in total. The van der Waals surface area contributed by atoms with Gasteiger partial charge in [-0.1, -0.05) is 6.07 Å². The Labute approximate surface area is 179 Å². The van der Waals surface area contributed by atoms with Crippen LogP contribution in [0.5, 0.6) is 0 Å². The van der Waals surface area contributed by atoms with E-state index in [0.717, 1.165) is 56.7 Å². The van der Waals surface area contributed by atoms with Crippen LogP contribution in [0.15, 0.2) is 23.2 Å². The van der Waals surface area contributed by atoms with Crippen molar-refractivity contribution in [3.63, 3.8) is 0 Å². The number of hydrogen-bond acceptors (Lipinski definition) is 4. The molecule has 4 rings (SSSR count). The summed E-state index contributed by atoms with van der Waals surface area (Å²) in [5, 5.41) is 8.55. The normalized spacial score (nSPS) is 20.2. The zero-order valence-electron chi connectivity index (χ0n) is 16.8. The third kappa shape index (κ3) is 4.43. The van der Waals surface area contributed by atoms with Crippen LogP contribution in [-0.2, 0) is 6.54 Å². The van der Waals surface area contributed by atoms with Gasteiger partial charge in [0.1, 0.15) is 5.82 Å². The number of anilines is 1. The van der Waals surface area contributed by atoms with Gasteiger partial charge in [0.25, 0.3) is 0 Å². The van der Waals surface area contributed by atoms with Crippen LogP contribution in [0, 0.1) is 11.6 Å². The molecule has 1 aromatic carbocycles. The monoisotopic (exact) mass is 433 g/mol. The van der Waals surface area contributed by atoms with Gasteiger partial charge >= 0.3 is 0 Å². The quantitative estimate of drug-likeness (QED) is 0.440. The van der Waals surface area contributed by atoms with Gasteiger partial charge in [0, 0.05) is 31.6 Å². The average molecular weight is 434 g/mol. The Balaban J connectivity index is 1.43. The molecule has 1 unspecified atom stereocenters. The summed E-state index contributed by atoms with van der Waals surface area (Å²) in [6.07, 6.45) is 3.52. The highest BCUT2D eigenvalue weighted by Crippen LogP contribution is 2.33. The standard InChI is InChI=1S/C20H25F2N7S/c1-12(23)24-20(30)28-9-6-14(7-10-28)25-19-26-18-15(3-2-8-29(18)27-19)13-4-5-16(21)17(22)11-13/h4-5,11,14-15H,2-3,6-10H2,1H3,(H,25,27)(H2,23,24,30). The zero-order chi connectivity index (χ0) is 21.3. The van der Waals surface area contributed by atoms with Crippen molar-refractivity contribution >= 4 is 29.1 Å². The van der Waals surface area contributed by atoms with Gasteiger partial charge in [0.05, 0.1) is 5.84 Å². The smallest absolute Gasteiger partial charge is 0.242 e. The Kier molecular flexibility index (Phi) is 5.94. The summed E-state index contributed by atoms with van der Waals surface area (Å²) in [5.41, 5.74) is 6.34. The number of aromatic nitrogens is 3. The molecular formula is C20H25F2N7S. The molecule has 0 aliphatic carbocycles. The maximum absolute atomic E-state index is 13.7. The van der Waals surface area contributed by atoms with Crippen LogP contribution in [0.2, 0.25) is 0 Å². The summed E-state index contributed by atoms with van der Waals surface area (Å²) in [4.78, 5) is 10.9. The number of benzene rings is 1. The molecule has 0 amide bonds. The van der Waals surface area contributed by atoms with Crippen LogP contribution in [0.4, 0.5) is 14.7 Å². The van der Waals surface area contributed by atoms with Crippen LogP contribution in [0.3, 0.4) is 0 Å². The van der Waals surface area contributed by atoms with Crippen molar-refractivity contribution in [2.24, 2.45) is 10.7 Å². The predicted molar refractivity (Wildman–Crippen MR) is 116 cm³/mol. The first-order valence-corrected chi connectivity index (χ1v) is 10.6. The lowest BCUT2D eigenvalue weighted by molar-refractivity contribution is 0.325. The van der Waals surface area contributed by atoms with E-state index < -0.39 is 11.6 Å². The second-order valence-corrected chi connectivity index (χ2v) is 8.19. The van der Waals surface area contributed by atoms with Crippen molar-refractivity contribution < 1.29 is 8.78 Å². The molecule has 30 heavy (non-hydrogen) atoms. The van der Waals surface area contributed by atoms with Gasteiger partial charge < -0.3 is 16.0 Å². The Bertz CT molecular complexity index is 962. The number of likely N-dealkylation sites (tertiary alicyclic amines) is 1. The summed E-state index contributed by atoms with van der Waals surface area (Å²) in [6.45, 7) is 4.07. The summed E-state index contributed by atoms with van der Waals surface area (Å²) in [7, 11) is 0. The molecule has 1 fully saturated rings. The highest BCUT2D eigenvalue weighted by atomic mass is 32.1. The molecule has 2 aliphatic rings. The molecule has 0 bridgehead atoms. The van der Waals surface area contributed by atoms with E-state index in [-0.39, 0.29) is 12.0 Å². The number of aliphatic imine (C=N–C) groups is 1. The fourth-order valence-corrected chi connectivity index (χ4v) is 4.40. The first-order chi connectivity index (χ1) is 14.4. The molecule has 7 nitrogen and oxygen atoms in total. The molecule has 1 aromatic heterocycles. The van der Waals surface area contributed by atoms with Crippen molar-refractivity contribution in [3.8, 4) is 0 Å². The van der Waals surface area contributed by atoms with Gasteiger partial charge in [-0.25, -0.2) is 18.5 Å². The van der Waals surface area contributed by atoms with Gasteiger partial charge in [0.2, 0.25) is 5.95 Å². The van der Waals surface area contributed by atoms with E-state index in [1.165, 1.54) is 12.1 Å². The van der Waals surface area contributed by atoms with E-state index in [1.807, 2.05) is 4.68 Å². The number of aryl methyl sites for hydroxylation is 1. The van der Waals surface area contributed by atoms with Crippen LogP contribution >= 0.6 is 12.2 Å².